The second-order valence-corrected chi connectivity index (χ2v) is 6.23. The molecule has 2 aliphatic rings. The smallest absolute Gasteiger partial charge is 0.407 e. The van der Waals surface area contributed by atoms with Gasteiger partial charge in [0, 0.05) is 25.7 Å². The van der Waals surface area contributed by atoms with Crippen LogP contribution >= 0.6 is 0 Å². The highest BCUT2D eigenvalue weighted by molar-refractivity contribution is 5.67. The van der Waals surface area contributed by atoms with E-state index in [4.69, 9.17) is 4.74 Å². The Kier molecular flexibility index (Phi) is 4.49. The molecule has 4 heteroatoms. The molecule has 1 saturated heterocycles. The summed E-state index contributed by atoms with van der Waals surface area (Å²) in [5.41, 5.74) is 0. The van der Waals surface area contributed by atoms with Crippen molar-refractivity contribution in [3.63, 3.8) is 0 Å². The molecule has 2 unspecified atom stereocenters. The Morgan fingerprint density at radius 3 is 2.67 bits per heavy atom. The Labute approximate surface area is 110 Å². The minimum absolute atomic E-state index is 0.248. The number of likely N-dealkylation sites (tertiary alicyclic amines) is 1. The number of methoxy groups -OCH3 is 1. The van der Waals surface area contributed by atoms with Crippen LogP contribution in [-0.2, 0) is 4.74 Å². The lowest BCUT2D eigenvalue weighted by atomic mass is 9.85. The van der Waals surface area contributed by atoms with Crippen molar-refractivity contribution >= 4 is 6.09 Å². The minimum Gasteiger partial charge on any atom is -0.453 e. The lowest BCUT2D eigenvalue weighted by molar-refractivity contribution is 0.104. The summed E-state index contributed by atoms with van der Waals surface area (Å²) in [6.45, 7) is 7.94. The lowest BCUT2D eigenvalue weighted by Gasteiger charge is -2.39. The summed E-state index contributed by atoms with van der Waals surface area (Å²) in [6, 6.07) is 0.248. The Morgan fingerprint density at radius 1 is 1.39 bits per heavy atom. The summed E-state index contributed by atoms with van der Waals surface area (Å²) in [7, 11) is 1.43. The molecular weight excluding hydrogens is 228 g/mol. The molecule has 0 spiro atoms. The molecule has 0 aromatic heterocycles. The highest BCUT2D eigenvalue weighted by Gasteiger charge is 2.33. The van der Waals surface area contributed by atoms with Crippen molar-refractivity contribution in [2.45, 2.75) is 39.2 Å². The molecule has 4 nitrogen and oxygen atoms in total. The molecule has 0 aromatic carbocycles. The normalized spacial score (nSPS) is 29.3. The van der Waals surface area contributed by atoms with Gasteiger partial charge in [0.2, 0.25) is 0 Å². The summed E-state index contributed by atoms with van der Waals surface area (Å²) in [5, 5.41) is 2.97. The first kappa shape index (κ1) is 13.7. The largest absolute Gasteiger partial charge is 0.453 e. The van der Waals surface area contributed by atoms with Gasteiger partial charge < -0.3 is 15.0 Å². The van der Waals surface area contributed by atoms with E-state index in [-0.39, 0.29) is 12.1 Å². The second-order valence-electron chi connectivity index (χ2n) is 6.23. The number of piperidine rings is 1. The van der Waals surface area contributed by atoms with Gasteiger partial charge in [0.1, 0.15) is 0 Å². The van der Waals surface area contributed by atoms with Gasteiger partial charge in [-0.15, -0.1) is 0 Å². The van der Waals surface area contributed by atoms with Crippen LogP contribution in [0.5, 0.6) is 0 Å². The van der Waals surface area contributed by atoms with Crippen molar-refractivity contribution in [2.24, 2.45) is 17.8 Å². The fourth-order valence-electron chi connectivity index (χ4n) is 2.86. The topological polar surface area (TPSA) is 41.6 Å². The number of amides is 1. The fourth-order valence-corrected chi connectivity index (χ4v) is 2.86. The average molecular weight is 254 g/mol. The molecule has 1 amide bonds. The number of rotatable bonds is 4. The third-order valence-corrected chi connectivity index (χ3v) is 4.22. The number of nitrogens with one attached hydrogen (secondary N) is 1. The van der Waals surface area contributed by atoms with Crippen LogP contribution in [0.4, 0.5) is 4.79 Å². The van der Waals surface area contributed by atoms with Crippen molar-refractivity contribution in [1.82, 2.24) is 10.2 Å². The molecule has 2 rings (SSSR count). The first-order valence-electron chi connectivity index (χ1n) is 7.15. The predicted molar refractivity (Wildman–Crippen MR) is 71.4 cm³/mol. The van der Waals surface area contributed by atoms with Gasteiger partial charge in [0.25, 0.3) is 0 Å². The van der Waals surface area contributed by atoms with Crippen LogP contribution in [0, 0.1) is 17.8 Å². The number of alkyl carbamates (subject to hydrolysis) is 1. The Morgan fingerprint density at radius 2 is 2.11 bits per heavy atom. The first-order valence-corrected chi connectivity index (χ1v) is 7.15. The standard InChI is InChI=1S/C14H26N2O2/c1-10(2)12-6-13(15-14(17)18-3)9-16(8-12)7-11-4-5-11/h10-13H,4-9H2,1-3H3,(H,15,17). The lowest BCUT2D eigenvalue weighted by Crippen LogP contribution is -2.52. The van der Waals surface area contributed by atoms with E-state index < -0.39 is 0 Å². The highest BCUT2D eigenvalue weighted by atomic mass is 16.5. The van der Waals surface area contributed by atoms with Crippen LogP contribution < -0.4 is 5.32 Å². The van der Waals surface area contributed by atoms with E-state index in [0.29, 0.717) is 11.8 Å². The summed E-state index contributed by atoms with van der Waals surface area (Å²) in [4.78, 5) is 13.9. The van der Waals surface area contributed by atoms with Gasteiger partial charge in [-0.25, -0.2) is 4.79 Å². The van der Waals surface area contributed by atoms with E-state index >= 15 is 0 Å². The summed E-state index contributed by atoms with van der Waals surface area (Å²) >= 11 is 0. The zero-order valence-electron chi connectivity index (χ0n) is 11.8. The molecule has 2 atom stereocenters. The van der Waals surface area contributed by atoms with E-state index in [1.54, 1.807) is 0 Å². The van der Waals surface area contributed by atoms with Gasteiger partial charge in [-0.3, -0.25) is 0 Å². The Balaban J connectivity index is 1.89. The number of nitrogens with zero attached hydrogens (tertiary/aromatic N) is 1. The van der Waals surface area contributed by atoms with E-state index in [9.17, 15) is 4.79 Å². The maximum atomic E-state index is 11.3. The molecular formula is C14H26N2O2. The third kappa shape index (κ3) is 3.87. The van der Waals surface area contributed by atoms with Crippen LogP contribution in [0.3, 0.4) is 0 Å². The zero-order chi connectivity index (χ0) is 13.1. The van der Waals surface area contributed by atoms with Crippen molar-refractivity contribution in [2.75, 3.05) is 26.7 Å². The average Bonchev–Trinajstić information content (AvgIpc) is 3.12. The van der Waals surface area contributed by atoms with Crippen LogP contribution in [0.25, 0.3) is 0 Å². The summed E-state index contributed by atoms with van der Waals surface area (Å²) in [6.07, 6.45) is 3.56. The number of hydrogen-bond acceptors (Lipinski definition) is 3. The third-order valence-electron chi connectivity index (χ3n) is 4.22. The van der Waals surface area contributed by atoms with Crippen molar-refractivity contribution in [3.8, 4) is 0 Å². The molecule has 1 aliphatic carbocycles. The molecule has 0 radical (unpaired) electrons. The number of carbonyl (C=O) groups is 1. The summed E-state index contributed by atoms with van der Waals surface area (Å²) < 4.78 is 4.71. The van der Waals surface area contributed by atoms with E-state index in [1.807, 2.05) is 0 Å². The molecule has 1 N–H and O–H groups in total. The maximum absolute atomic E-state index is 11.3. The van der Waals surface area contributed by atoms with E-state index in [1.165, 1.54) is 33.0 Å². The number of ether oxygens (including phenoxy) is 1. The van der Waals surface area contributed by atoms with Gasteiger partial charge in [-0.1, -0.05) is 13.8 Å². The van der Waals surface area contributed by atoms with Crippen LogP contribution in [0.15, 0.2) is 0 Å². The SMILES string of the molecule is COC(=O)NC1CC(C(C)C)CN(CC2CC2)C1. The minimum atomic E-state index is -0.296. The predicted octanol–water partition coefficient (Wildman–Crippen LogP) is 2.10. The van der Waals surface area contributed by atoms with Crippen LogP contribution in [-0.4, -0.2) is 43.8 Å². The van der Waals surface area contributed by atoms with Gasteiger partial charge >= 0.3 is 6.09 Å². The molecule has 1 heterocycles. The van der Waals surface area contributed by atoms with Gasteiger partial charge in [-0.2, -0.15) is 0 Å². The quantitative estimate of drug-likeness (QED) is 0.835. The van der Waals surface area contributed by atoms with E-state index in [2.05, 4.69) is 24.1 Å². The monoisotopic (exact) mass is 254 g/mol. The highest BCUT2D eigenvalue weighted by Crippen LogP contribution is 2.32. The summed E-state index contributed by atoms with van der Waals surface area (Å²) in [5.74, 6) is 2.27. The molecule has 104 valence electrons. The molecule has 1 aliphatic heterocycles. The number of hydrogen-bond donors (Lipinski definition) is 1. The second kappa shape index (κ2) is 5.91. The van der Waals surface area contributed by atoms with Gasteiger partial charge in [0.15, 0.2) is 0 Å². The Hall–Kier alpha value is -0.770. The zero-order valence-corrected chi connectivity index (χ0v) is 11.8. The van der Waals surface area contributed by atoms with Gasteiger partial charge in [-0.05, 0) is 37.0 Å². The van der Waals surface area contributed by atoms with Crippen LogP contribution in [0.1, 0.15) is 33.1 Å². The van der Waals surface area contributed by atoms with Crippen molar-refractivity contribution in [3.05, 3.63) is 0 Å². The molecule has 0 aromatic rings. The van der Waals surface area contributed by atoms with Crippen molar-refractivity contribution in [1.29, 1.82) is 0 Å². The molecule has 18 heavy (non-hydrogen) atoms. The molecule has 0 bridgehead atoms. The molecule has 2 fully saturated rings. The fraction of sp³-hybridized carbons (Fsp3) is 0.929. The van der Waals surface area contributed by atoms with Crippen molar-refractivity contribution < 1.29 is 9.53 Å². The molecule has 1 saturated carbocycles. The maximum Gasteiger partial charge on any atom is 0.407 e. The van der Waals surface area contributed by atoms with Crippen LogP contribution in [0.2, 0.25) is 0 Å². The van der Waals surface area contributed by atoms with E-state index in [0.717, 1.165) is 18.9 Å². The number of carbonyl (C=O) groups excluding carboxylic acids is 1. The van der Waals surface area contributed by atoms with Gasteiger partial charge in [0.05, 0.1) is 7.11 Å². The Bertz CT molecular complexity index is 290. The first-order chi connectivity index (χ1) is 8.58.